The van der Waals surface area contributed by atoms with Crippen LogP contribution in [-0.4, -0.2) is 21.5 Å². The van der Waals surface area contributed by atoms with Gasteiger partial charge in [-0.15, -0.1) is 23.4 Å². The Labute approximate surface area is 225 Å². The molecule has 0 saturated carbocycles. The lowest BCUT2D eigenvalue weighted by Crippen LogP contribution is -2.17. The van der Waals surface area contributed by atoms with E-state index in [1.165, 1.54) is 30.0 Å². The molecule has 0 fully saturated rings. The van der Waals surface area contributed by atoms with Crippen LogP contribution in [0.15, 0.2) is 119 Å². The van der Waals surface area contributed by atoms with Crippen LogP contribution in [-0.2, 0) is 0 Å². The van der Waals surface area contributed by atoms with Crippen molar-refractivity contribution in [3.05, 3.63) is 109 Å². The molecule has 0 aliphatic carbocycles. The number of nitrogens with zero attached hydrogens (tertiary/aromatic N) is 3. The molecule has 0 radical (unpaired) electrons. The van der Waals surface area contributed by atoms with Crippen LogP contribution >= 0.6 is 11.8 Å². The highest BCUT2D eigenvalue weighted by atomic mass is 32.2. The second-order valence-electron chi connectivity index (χ2n) is 8.60. The van der Waals surface area contributed by atoms with Gasteiger partial charge in [0.1, 0.15) is 11.4 Å². The third-order valence-electron chi connectivity index (χ3n) is 5.99. The van der Waals surface area contributed by atoms with E-state index >= 15 is 0 Å². The Bertz CT molecular complexity index is 1780. The molecule has 0 saturated heterocycles. The van der Waals surface area contributed by atoms with E-state index in [4.69, 9.17) is 0 Å². The van der Waals surface area contributed by atoms with Gasteiger partial charge in [0, 0.05) is 43.4 Å². The molecule has 1 N–H and O–H groups in total. The van der Waals surface area contributed by atoms with Crippen LogP contribution in [0.25, 0.3) is 32.9 Å². The zero-order valence-corrected chi connectivity index (χ0v) is 21.0. The van der Waals surface area contributed by atoms with Gasteiger partial charge in [-0.1, -0.05) is 66.4 Å². The van der Waals surface area contributed by atoms with Gasteiger partial charge in [-0.3, -0.25) is 4.98 Å². The number of hydrogen-bond acceptors (Lipinski definition) is 6. The second-order valence-corrected chi connectivity index (χ2v) is 9.71. The molecule has 0 spiro atoms. The van der Waals surface area contributed by atoms with E-state index in [0.29, 0.717) is 16.7 Å². The van der Waals surface area contributed by atoms with Crippen molar-refractivity contribution in [2.75, 3.05) is 5.32 Å². The number of ether oxygens (including phenoxy) is 1. The Morgan fingerprint density at radius 2 is 1.46 bits per heavy atom. The molecule has 0 amide bonds. The van der Waals surface area contributed by atoms with Crippen LogP contribution in [0.1, 0.15) is 0 Å². The van der Waals surface area contributed by atoms with Gasteiger partial charge < -0.3 is 10.1 Å². The molecule has 6 rings (SSSR count). The molecule has 5 nitrogen and oxygen atoms in total. The maximum Gasteiger partial charge on any atom is 0.573 e. The molecule has 192 valence electrons. The first-order valence-electron chi connectivity index (χ1n) is 11.9. The molecule has 0 atom stereocenters. The van der Waals surface area contributed by atoms with Gasteiger partial charge in [0.2, 0.25) is 0 Å². The average Bonchev–Trinajstić information content (AvgIpc) is 2.94. The Kier molecular flexibility index (Phi) is 6.50. The predicted octanol–water partition coefficient (Wildman–Crippen LogP) is 8.64. The summed E-state index contributed by atoms with van der Waals surface area (Å²) in [5, 5.41) is 14.8. The highest BCUT2D eigenvalue weighted by Crippen LogP contribution is 2.36. The first kappa shape index (κ1) is 24.7. The van der Waals surface area contributed by atoms with Gasteiger partial charge in [-0.05, 0) is 48.5 Å². The zero-order valence-electron chi connectivity index (χ0n) is 20.2. The number of fused-ring (bicyclic) bond motifs is 2. The normalized spacial score (nSPS) is 11.6. The van der Waals surface area contributed by atoms with Crippen molar-refractivity contribution in [2.24, 2.45) is 0 Å². The summed E-state index contributed by atoms with van der Waals surface area (Å²) in [5.41, 5.74) is 3.22. The molecule has 2 aromatic heterocycles. The fourth-order valence-electron chi connectivity index (χ4n) is 4.26. The van der Waals surface area contributed by atoms with Crippen LogP contribution in [0.3, 0.4) is 0 Å². The van der Waals surface area contributed by atoms with Crippen LogP contribution in [0.4, 0.5) is 24.7 Å². The lowest BCUT2D eigenvalue weighted by atomic mass is 10.0. The summed E-state index contributed by atoms with van der Waals surface area (Å²) in [6.45, 7) is 0. The molecule has 0 bridgehead atoms. The lowest BCUT2D eigenvalue weighted by molar-refractivity contribution is -0.274. The van der Waals surface area contributed by atoms with Crippen molar-refractivity contribution in [1.29, 1.82) is 0 Å². The number of halogens is 3. The van der Waals surface area contributed by atoms with Crippen LogP contribution in [0.5, 0.6) is 5.75 Å². The van der Waals surface area contributed by atoms with Gasteiger partial charge in [-0.2, -0.15) is 0 Å². The number of hydrogen-bond donors (Lipinski definition) is 1. The number of rotatable bonds is 6. The predicted molar refractivity (Wildman–Crippen MR) is 147 cm³/mol. The van der Waals surface area contributed by atoms with Crippen molar-refractivity contribution < 1.29 is 17.9 Å². The number of benzene rings is 4. The maximum absolute atomic E-state index is 12.7. The van der Waals surface area contributed by atoms with E-state index in [1.54, 1.807) is 12.3 Å². The Balaban J connectivity index is 1.25. The van der Waals surface area contributed by atoms with Crippen molar-refractivity contribution >= 4 is 44.9 Å². The standard InChI is InChI=1S/C30H19F3N4OS/c31-30(32,33)38-21-12-15-26-25(18-21)27(16-17-34-26)39-22-13-10-20(11-14-22)35-29-24-9-5-4-8-23(24)28(36-37-29)19-6-2-1-3-7-19/h1-18H,(H,35,37). The van der Waals surface area contributed by atoms with Crippen molar-refractivity contribution in [2.45, 2.75) is 16.2 Å². The average molecular weight is 541 g/mol. The third-order valence-corrected chi connectivity index (χ3v) is 7.07. The van der Waals surface area contributed by atoms with Gasteiger partial charge in [0.25, 0.3) is 0 Å². The Morgan fingerprint density at radius 1 is 0.718 bits per heavy atom. The minimum absolute atomic E-state index is 0.281. The summed E-state index contributed by atoms with van der Waals surface area (Å²) < 4.78 is 42.2. The Morgan fingerprint density at radius 3 is 2.23 bits per heavy atom. The minimum Gasteiger partial charge on any atom is -0.406 e. The van der Waals surface area contributed by atoms with E-state index in [2.05, 4.69) is 25.2 Å². The summed E-state index contributed by atoms with van der Waals surface area (Å²) in [4.78, 5) is 5.93. The summed E-state index contributed by atoms with van der Waals surface area (Å²) in [7, 11) is 0. The first-order chi connectivity index (χ1) is 18.9. The maximum atomic E-state index is 12.7. The van der Waals surface area contributed by atoms with Gasteiger partial charge in [0.05, 0.1) is 5.52 Å². The summed E-state index contributed by atoms with van der Waals surface area (Å²) in [6, 6.07) is 31.5. The summed E-state index contributed by atoms with van der Waals surface area (Å²) >= 11 is 1.43. The number of aromatic nitrogens is 3. The number of alkyl halides is 3. The summed E-state index contributed by atoms with van der Waals surface area (Å²) in [5.74, 6) is 0.360. The zero-order chi connectivity index (χ0) is 26.8. The lowest BCUT2D eigenvalue weighted by Gasteiger charge is -2.12. The SMILES string of the molecule is FC(F)(F)Oc1ccc2nccc(Sc3ccc(Nc4nnc(-c5ccccc5)c5ccccc45)cc3)c2c1. The highest BCUT2D eigenvalue weighted by molar-refractivity contribution is 7.99. The third kappa shape index (κ3) is 5.49. The quantitative estimate of drug-likeness (QED) is 0.228. The second kappa shape index (κ2) is 10.3. The van der Waals surface area contributed by atoms with Crippen molar-refractivity contribution in [3.63, 3.8) is 0 Å². The first-order valence-corrected chi connectivity index (χ1v) is 12.7. The highest BCUT2D eigenvalue weighted by Gasteiger charge is 2.31. The van der Waals surface area contributed by atoms with E-state index in [0.717, 1.165) is 37.5 Å². The van der Waals surface area contributed by atoms with Crippen molar-refractivity contribution in [3.8, 4) is 17.0 Å². The number of nitrogens with one attached hydrogen (secondary N) is 1. The monoisotopic (exact) mass is 540 g/mol. The number of pyridine rings is 1. The molecule has 2 heterocycles. The molecular formula is C30H19F3N4OS. The van der Waals surface area contributed by atoms with Crippen LogP contribution in [0, 0.1) is 0 Å². The minimum atomic E-state index is -4.76. The van der Waals surface area contributed by atoms with Gasteiger partial charge >= 0.3 is 6.36 Å². The summed E-state index contributed by atoms with van der Waals surface area (Å²) in [6.07, 6.45) is -3.13. The molecule has 0 aliphatic heterocycles. The van der Waals surface area contributed by atoms with Gasteiger partial charge in [-0.25, -0.2) is 0 Å². The molecular weight excluding hydrogens is 521 g/mol. The Hall–Kier alpha value is -4.63. The van der Waals surface area contributed by atoms with E-state index < -0.39 is 6.36 Å². The fourth-order valence-corrected chi connectivity index (χ4v) is 5.19. The number of anilines is 2. The van der Waals surface area contributed by atoms with Crippen LogP contribution < -0.4 is 10.1 Å². The molecule has 0 unspecified atom stereocenters. The van der Waals surface area contributed by atoms with E-state index in [9.17, 15) is 13.2 Å². The van der Waals surface area contributed by atoms with E-state index in [1.807, 2.05) is 78.9 Å². The largest absolute Gasteiger partial charge is 0.573 e. The van der Waals surface area contributed by atoms with Crippen molar-refractivity contribution in [1.82, 2.24) is 15.2 Å². The van der Waals surface area contributed by atoms with Crippen LogP contribution in [0.2, 0.25) is 0 Å². The topological polar surface area (TPSA) is 59.9 Å². The molecule has 39 heavy (non-hydrogen) atoms. The molecule has 4 aromatic carbocycles. The van der Waals surface area contributed by atoms with Gasteiger partial charge in [0.15, 0.2) is 5.82 Å². The fraction of sp³-hybridized carbons (Fsp3) is 0.0333. The molecule has 9 heteroatoms. The molecule has 6 aromatic rings. The molecule has 0 aliphatic rings. The smallest absolute Gasteiger partial charge is 0.406 e. The van der Waals surface area contributed by atoms with E-state index in [-0.39, 0.29) is 5.75 Å².